The molecule has 36 heavy (non-hydrogen) atoms. The Labute approximate surface area is 218 Å². The minimum Gasteiger partial charge on any atom is -0.497 e. The Morgan fingerprint density at radius 2 is 1.78 bits per heavy atom. The zero-order chi connectivity index (χ0) is 25.7. The highest BCUT2D eigenvalue weighted by molar-refractivity contribution is 9.10. The van der Waals surface area contributed by atoms with Crippen LogP contribution in [0.2, 0.25) is 5.02 Å². The van der Waals surface area contributed by atoms with Gasteiger partial charge in [-0.15, -0.1) is 0 Å². The van der Waals surface area contributed by atoms with Crippen molar-refractivity contribution in [2.24, 2.45) is 0 Å². The first-order valence-corrected chi connectivity index (χ1v) is 11.6. The quantitative estimate of drug-likeness (QED) is 0.166. The van der Waals surface area contributed by atoms with Crippen LogP contribution in [0.4, 0.5) is 11.4 Å². The van der Waals surface area contributed by atoms with Gasteiger partial charge in [-0.2, -0.15) is 0 Å². The highest BCUT2D eigenvalue weighted by Crippen LogP contribution is 2.31. The first kappa shape index (κ1) is 25.1. The van der Waals surface area contributed by atoms with E-state index in [0.29, 0.717) is 28.0 Å². The number of carbonyl (C=O) groups is 1. The van der Waals surface area contributed by atoms with Gasteiger partial charge in [0.2, 0.25) is 0 Å². The van der Waals surface area contributed by atoms with Gasteiger partial charge in [0.25, 0.3) is 11.6 Å². The molecule has 0 radical (unpaired) electrons. The fourth-order valence-corrected chi connectivity index (χ4v) is 3.84. The molecule has 184 valence electrons. The Morgan fingerprint density at radius 1 is 1.03 bits per heavy atom. The number of hydrogen-bond acceptors (Lipinski definition) is 7. The van der Waals surface area contributed by atoms with Crippen molar-refractivity contribution < 1.29 is 28.3 Å². The summed E-state index contributed by atoms with van der Waals surface area (Å²) in [6, 6.07) is 18.9. The number of nitrogens with one attached hydrogen (secondary N) is 1. The SMILES string of the molecule is COc1ccc(Oc2cc(NC(=O)c3ccc(COc4ccc(Br)cc4Cl)o3)cc([N+](=O)[O-])c2)cc1. The van der Waals surface area contributed by atoms with E-state index in [-0.39, 0.29) is 29.5 Å². The molecule has 0 aliphatic rings. The lowest BCUT2D eigenvalue weighted by Crippen LogP contribution is -2.11. The molecule has 0 unspecified atom stereocenters. The van der Waals surface area contributed by atoms with Crippen LogP contribution in [0.25, 0.3) is 0 Å². The topological polar surface area (TPSA) is 113 Å². The maximum Gasteiger partial charge on any atom is 0.291 e. The summed E-state index contributed by atoms with van der Waals surface area (Å²) in [6.45, 7) is 0.0469. The Bertz CT molecular complexity index is 1410. The lowest BCUT2D eigenvalue weighted by Gasteiger charge is -2.09. The van der Waals surface area contributed by atoms with E-state index in [1.807, 2.05) is 0 Å². The van der Waals surface area contributed by atoms with Crippen LogP contribution in [0.5, 0.6) is 23.0 Å². The summed E-state index contributed by atoms with van der Waals surface area (Å²) in [5.74, 6) is 1.50. The number of rotatable bonds is 9. The van der Waals surface area contributed by atoms with Crippen molar-refractivity contribution in [2.75, 3.05) is 12.4 Å². The molecule has 0 spiro atoms. The highest BCUT2D eigenvalue weighted by atomic mass is 79.9. The second kappa shape index (κ2) is 11.1. The van der Waals surface area contributed by atoms with Gasteiger partial charge in [-0.25, -0.2) is 0 Å². The van der Waals surface area contributed by atoms with E-state index in [9.17, 15) is 14.9 Å². The number of ether oxygens (including phenoxy) is 3. The molecule has 9 nitrogen and oxygen atoms in total. The average molecular weight is 574 g/mol. The van der Waals surface area contributed by atoms with Crippen LogP contribution in [-0.2, 0) is 6.61 Å². The molecule has 0 atom stereocenters. The number of furan rings is 1. The summed E-state index contributed by atoms with van der Waals surface area (Å²) in [6.07, 6.45) is 0. The molecule has 1 aromatic heterocycles. The maximum absolute atomic E-state index is 12.7. The Hall–Kier alpha value is -4.02. The highest BCUT2D eigenvalue weighted by Gasteiger charge is 2.17. The van der Waals surface area contributed by atoms with Gasteiger partial charge in [-0.05, 0) is 54.6 Å². The molecule has 0 fully saturated rings. The van der Waals surface area contributed by atoms with Crippen LogP contribution in [0.1, 0.15) is 16.3 Å². The Balaban J connectivity index is 1.45. The van der Waals surface area contributed by atoms with E-state index >= 15 is 0 Å². The third-order valence-electron chi connectivity index (χ3n) is 4.80. The number of nitro groups is 1. The van der Waals surface area contributed by atoms with Crippen LogP contribution >= 0.6 is 27.5 Å². The van der Waals surface area contributed by atoms with E-state index in [0.717, 1.165) is 4.47 Å². The van der Waals surface area contributed by atoms with Gasteiger partial charge in [-0.3, -0.25) is 14.9 Å². The van der Waals surface area contributed by atoms with Gasteiger partial charge in [0.05, 0.1) is 28.8 Å². The van der Waals surface area contributed by atoms with Crippen LogP contribution in [0.15, 0.2) is 81.7 Å². The molecule has 1 amide bonds. The molecule has 1 heterocycles. The fourth-order valence-electron chi connectivity index (χ4n) is 3.11. The van der Waals surface area contributed by atoms with Crippen LogP contribution < -0.4 is 19.5 Å². The van der Waals surface area contributed by atoms with Gasteiger partial charge in [-0.1, -0.05) is 27.5 Å². The summed E-state index contributed by atoms with van der Waals surface area (Å²) in [4.78, 5) is 23.5. The van der Waals surface area contributed by atoms with Gasteiger partial charge in [0.15, 0.2) is 5.76 Å². The summed E-state index contributed by atoms with van der Waals surface area (Å²) < 4.78 is 22.9. The molecule has 0 bridgehead atoms. The molecule has 1 N–H and O–H groups in total. The van der Waals surface area contributed by atoms with Crippen molar-refractivity contribution in [1.82, 2.24) is 0 Å². The molecular formula is C25H18BrClN2O7. The molecule has 4 rings (SSSR count). The molecule has 4 aromatic rings. The van der Waals surface area contributed by atoms with E-state index in [1.165, 1.54) is 24.3 Å². The monoisotopic (exact) mass is 572 g/mol. The predicted octanol–water partition coefficient (Wildman–Crippen LogP) is 7.24. The lowest BCUT2D eigenvalue weighted by atomic mass is 10.2. The van der Waals surface area contributed by atoms with Crippen molar-refractivity contribution in [1.29, 1.82) is 0 Å². The summed E-state index contributed by atoms with van der Waals surface area (Å²) in [7, 11) is 1.54. The molecule has 11 heteroatoms. The van der Waals surface area contributed by atoms with Crippen molar-refractivity contribution in [3.8, 4) is 23.0 Å². The molecular weight excluding hydrogens is 556 g/mol. The van der Waals surface area contributed by atoms with Crippen LogP contribution in [-0.4, -0.2) is 17.9 Å². The fraction of sp³-hybridized carbons (Fsp3) is 0.0800. The lowest BCUT2D eigenvalue weighted by molar-refractivity contribution is -0.384. The van der Waals surface area contributed by atoms with E-state index < -0.39 is 10.8 Å². The number of benzene rings is 3. The number of non-ortho nitro benzene ring substituents is 1. The van der Waals surface area contributed by atoms with Gasteiger partial charge in [0.1, 0.15) is 35.4 Å². The number of nitro benzene ring substituents is 1. The standard InChI is InChI=1S/C25H18BrClN2O7/c1-33-18-3-5-19(6-4-18)35-21-12-16(11-17(13-21)29(31)32)28-25(30)24-9-7-20(36-24)14-34-23-8-2-15(26)10-22(23)27/h2-13H,14H2,1H3,(H,28,30). The third kappa shape index (κ3) is 6.35. The Kier molecular flexibility index (Phi) is 7.77. The Morgan fingerprint density at radius 3 is 2.47 bits per heavy atom. The number of methoxy groups -OCH3 is 1. The van der Waals surface area contributed by atoms with Gasteiger partial charge >= 0.3 is 0 Å². The first-order valence-electron chi connectivity index (χ1n) is 10.4. The van der Waals surface area contributed by atoms with Crippen molar-refractivity contribution in [3.63, 3.8) is 0 Å². The smallest absolute Gasteiger partial charge is 0.291 e. The van der Waals surface area contributed by atoms with Gasteiger partial charge < -0.3 is 23.9 Å². The van der Waals surface area contributed by atoms with Crippen LogP contribution in [0.3, 0.4) is 0 Å². The zero-order valence-corrected chi connectivity index (χ0v) is 21.0. The van der Waals surface area contributed by atoms with E-state index in [1.54, 1.807) is 55.6 Å². The van der Waals surface area contributed by atoms with Crippen molar-refractivity contribution in [3.05, 3.63) is 104 Å². The summed E-state index contributed by atoms with van der Waals surface area (Å²) >= 11 is 9.46. The average Bonchev–Trinajstić information content (AvgIpc) is 3.33. The largest absolute Gasteiger partial charge is 0.497 e. The summed E-state index contributed by atoms with van der Waals surface area (Å²) in [5.41, 5.74) is -0.0928. The minimum absolute atomic E-state index is 0.000341. The molecule has 0 aliphatic carbocycles. The van der Waals surface area contributed by atoms with Crippen LogP contribution in [0, 0.1) is 10.1 Å². The second-order valence-electron chi connectivity index (χ2n) is 7.33. The predicted molar refractivity (Wildman–Crippen MR) is 136 cm³/mol. The molecule has 3 aromatic carbocycles. The molecule has 0 aliphatic heterocycles. The number of anilines is 1. The second-order valence-corrected chi connectivity index (χ2v) is 8.66. The van der Waals surface area contributed by atoms with Gasteiger partial charge in [0, 0.05) is 16.6 Å². The van der Waals surface area contributed by atoms with Crippen molar-refractivity contribution in [2.45, 2.75) is 6.61 Å². The number of amides is 1. The minimum atomic E-state index is -0.598. The van der Waals surface area contributed by atoms with E-state index in [2.05, 4.69) is 21.2 Å². The first-order chi connectivity index (χ1) is 17.3. The number of nitrogens with zero attached hydrogens (tertiary/aromatic N) is 1. The third-order valence-corrected chi connectivity index (χ3v) is 5.59. The molecule has 0 saturated heterocycles. The maximum atomic E-state index is 12.7. The normalized spacial score (nSPS) is 10.5. The zero-order valence-electron chi connectivity index (χ0n) is 18.7. The number of hydrogen-bond donors (Lipinski definition) is 1. The number of halogens is 2. The van der Waals surface area contributed by atoms with E-state index in [4.69, 9.17) is 30.2 Å². The molecule has 0 saturated carbocycles. The number of carbonyl (C=O) groups excluding carboxylic acids is 1. The summed E-state index contributed by atoms with van der Waals surface area (Å²) in [5, 5.41) is 14.4. The van der Waals surface area contributed by atoms with Crippen molar-refractivity contribution >= 4 is 44.8 Å².